The summed E-state index contributed by atoms with van der Waals surface area (Å²) in [6, 6.07) is 140. The number of halogens is 1. The van der Waals surface area contributed by atoms with Gasteiger partial charge in [-0.1, -0.05) is 297 Å². The topological polar surface area (TPSA) is 25.8 Å². The van der Waals surface area contributed by atoms with Gasteiger partial charge in [0.15, 0.2) is 0 Å². The fourth-order valence-electron chi connectivity index (χ4n) is 22.3. The number of rotatable bonds is 6. The lowest BCUT2D eigenvalue weighted by molar-refractivity contribution is 0.630. The summed E-state index contributed by atoms with van der Waals surface area (Å²) in [7, 11) is 0. The molecule has 0 atom stereocenters. The van der Waals surface area contributed by atoms with Crippen molar-refractivity contribution in [1.82, 2.24) is 9.97 Å². The predicted molar refractivity (Wildman–Crippen MR) is 512 cm³/mol. The summed E-state index contributed by atoms with van der Waals surface area (Å²) in [4.78, 5) is 9.67. The molecule has 28 rings (SSSR count). The average Bonchev–Trinajstić information content (AvgIpc) is 1.57. The molecule has 2 aliphatic rings. The van der Waals surface area contributed by atoms with Crippen LogP contribution in [0.15, 0.2) is 395 Å². The van der Waals surface area contributed by atoms with E-state index < -0.39 is 0 Å². The summed E-state index contributed by atoms with van der Waals surface area (Å²) in [5, 5.41) is 39.8. The largest absolute Gasteiger partial charge is 0.256 e. The zero-order valence-corrected chi connectivity index (χ0v) is 65.3. The minimum absolute atomic E-state index is 0.225. The quantitative estimate of drug-likeness (QED) is 0.122. The maximum Gasteiger partial charge on any atom is 0.123 e. The molecular weight excluding hydrogens is 1460 g/mol. The SMILES string of the molecule is Fc1ccc2c(c1)c1ccccc1c1c(-c3ccccc3)c3cc4c(cc3c(-c3ccccc3)c21)-c1ccc2c3cccc5cccc(c6ccc-4c1c62)c53.c1ccc(-c2c3cc4c(cc3c(-c3ccccc3)c3c5ccccc5c5ccccc5c23)-c2ccc3c5cc(-c6ccccn6)cc6cc(-c7ccccn7)cc(c7ccc-4c2c73)c65)cc1. The van der Waals surface area contributed by atoms with Gasteiger partial charge in [0.2, 0.25) is 0 Å². The Morgan fingerprint density at radius 2 is 0.438 bits per heavy atom. The van der Waals surface area contributed by atoms with Gasteiger partial charge in [-0.3, -0.25) is 9.97 Å². The third kappa shape index (κ3) is 9.29. The van der Waals surface area contributed by atoms with Crippen LogP contribution in [0.1, 0.15) is 0 Å². The van der Waals surface area contributed by atoms with Crippen LogP contribution in [0.2, 0.25) is 0 Å². The van der Waals surface area contributed by atoms with Crippen LogP contribution < -0.4 is 0 Å². The molecule has 0 aliphatic heterocycles. The Morgan fingerprint density at radius 1 is 0.149 bits per heavy atom. The monoisotopic (exact) mass is 1530 g/mol. The van der Waals surface area contributed by atoms with Crippen molar-refractivity contribution < 1.29 is 4.39 Å². The first-order chi connectivity index (χ1) is 60.0. The van der Waals surface area contributed by atoms with E-state index in [9.17, 15) is 0 Å². The van der Waals surface area contributed by atoms with Crippen LogP contribution in [-0.4, -0.2) is 9.97 Å². The number of hydrogen-bond donors (Lipinski definition) is 0. The lowest BCUT2D eigenvalue weighted by Crippen LogP contribution is -1.95. The fraction of sp³-hybridized carbons (Fsp3) is 0. The Hall–Kier alpha value is -15.8. The van der Waals surface area contributed by atoms with Gasteiger partial charge in [0, 0.05) is 23.5 Å². The number of fused-ring (bicyclic) bond motifs is 24. The van der Waals surface area contributed by atoms with Crippen molar-refractivity contribution in [3.63, 3.8) is 0 Å². The Morgan fingerprint density at radius 3 is 0.802 bits per heavy atom. The molecule has 0 saturated carbocycles. The van der Waals surface area contributed by atoms with Gasteiger partial charge in [-0.25, -0.2) is 4.39 Å². The van der Waals surface area contributed by atoms with Crippen LogP contribution in [0, 0.1) is 5.82 Å². The molecule has 121 heavy (non-hydrogen) atoms. The summed E-state index contributed by atoms with van der Waals surface area (Å²) in [6.45, 7) is 0. The Balaban J connectivity index is 0.000000130. The molecule has 0 radical (unpaired) electrons. The summed E-state index contributed by atoms with van der Waals surface area (Å²) >= 11 is 0. The van der Waals surface area contributed by atoms with Gasteiger partial charge in [-0.15, -0.1) is 0 Å². The second-order valence-electron chi connectivity index (χ2n) is 33.1. The van der Waals surface area contributed by atoms with E-state index in [-0.39, 0.29) is 5.82 Å². The van der Waals surface area contributed by atoms with Crippen LogP contribution in [0.4, 0.5) is 4.39 Å². The molecule has 2 nitrogen and oxygen atoms in total. The predicted octanol–water partition coefficient (Wildman–Crippen LogP) is 32.9. The highest BCUT2D eigenvalue weighted by atomic mass is 19.1. The van der Waals surface area contributed by atoms with Crippen molar-refractivity contribution in [3.8, 4) is 112 Å². The number of benzene rings is 24. The second kappa shape index (κ2) is 25.1. The molecule has 2 aromatic heterocycles. The molecule has 554 valence electrons. The first-order valence-corrected chi connectivity index (χ1v) is 41.8. The van der Waals surface area contributed by atoms with Gasteiger partial charge in [0.1, 0.15) is 5.82 Å². The third-order valence-electron chi connectivity index (χ3n) is 27.1. The van der Waals surface area contributed by atoms with Gasteiger partial charge in [-0.2, -0.15) is 0 Å². The first kappa shape index (κ1) is 66.3. The molecule has 24 aromatic carbocycles. The van der Waals surface area contributed by atoms with Crippen molar-refractivity contribution in [1.29, 1.82) is 0 Å². The molecule has 0 N–H and O–H groups in total. The molecule has 0 fully saturated rings. The summed E-state index contributed by atoms with van der Waals surface area (Å²) in [5.74, 6) is -0.225. The third-order valence-corrected chi connectivity index (χ3v) is 27.1. The lowest BCUT2D eigenvalue weighted by atomic mass is 9.80. The van der Waals surface area contributed by atoms with Gasteiger partial charge >= 0.3 is 0 Å². The van der Waals surface area contributed by atoms with Crippen LogP contribution >= 0.6 is 0 Å². The van der Waals surface area contributed by atoms with Crippen LogP contribution in [-0.2, 0) is 0 Å². The zero-order valence-electron chi connectivity index (χ0n) is 65.3. The molecule has 2 heterocycles. The standard InChI is InChI=1S/C64H36N2.C54H29F/c1-3-15-37(16-4-1)59-54-35-50-46-25-27-48-52-33-39(56-23-11-13-29-65-56)31-41-32-40(57-24-12-14-30-66-57)34-53(58(41)52)49-28-26-47(61(46)62(48)49)51(50)36-55(54)60(38-17-5-2-6-18-38)64-45-22-10-8-20-43(45)42-19-7-9-21-44(42)63(59)64;55-33-21-22-42-43(27-33)34-17-7-8-18-35(34)53-49(31-11-3-1-4-12-31)46-28-44-40-25-23-38-36-19-9-15-30-16-10-20-37(48(30)36)39-24-26-41(52(40)51(38)39)45(44)29-47(46)50(54(42)53)32-13-5-2-6-14-32/h1-36H;1-29H. The highest BCUT2D eigenvalue weighted by Crippen LogP contribution is 2.61. The fourth-order valence-corrected chi connectivity index (χ4v) is 22.3. The van der Waals surface area contributed by atoms with Crippen molar-refractivity contribution in [2.24, 2.45) is 0 Å². The van der Waals surface area contributed by atoms with Crippen LogP contribution in [0.25, 0.3) is 284 Å². The number of hydrogen-bond acceptors (Lipinski definition) is 2. The number of pyridine rings is 2. The van der Waals surface area contributed by atoms with E-state index in [1.807, 2.05) is 30.6 Å². The molecule has 0 spiro atoms. The lowest BCUT2D eigenvalue weighted by Gasteiger charge is -2.22. The van der Waals surface area contributed by atoms with Crippen LogP contribution in [0.3, 0.4) is 0 Å². The van der Waals surface area contributed by atoms with Gasteiger partial charge in [-0.05, 0) is 346 Å². The molecule has 0 unspecified atom stereocenters. The summed E-state index contributed by atoms with van der Waals surface area (Å²) < 4.78 is 15.2. The Bertz CT molecular complexity index is 8720. The van der Waals surface area contributed by atoms with E-state index in [1.165, 1.54) is 229 Å². The zero-order chi connectivity index (χ0) is 79.0. The Kier molecular flexibility index (Phi) is 13.8. The molecule has 0 amide bonds. The molecule has 0 bridgehead atoms. The van der Waals surface area contributed by atoms with Crippen molar-refractivity contribution >= 4 is 172 Å². The van der Waals surface area contributed by atoms with E-state index in [1.54, 1.807) is 12.1 Å². The van der Waals surface area contributed by atoms with Gasteiger partial charge < -0.3 is 0 Å². The van der Waals surface area contributed by atoms with Gasteiger partial charge in [0.05, 0.1) is 11.4 Å². The smallest absolute Gasteiger partial charge is 0.123 e. The van der Waals surface area contributed by atoms with E-state index >= 15 is 4.39 Å². The maximum atomic E-state index is 15.2. The van der Waals surface area contributed by atoms with E-state index in [0.717, 1.165) is 55.0 Å². The Labute approximate surface area is 693 Å². The van der Waals surface area contributed by atoms with Crippen LogP contribution in [0.5, 0.6) is 0 Å². The second-order valence-corrected chi connectivity index (χ2v) is 33.1. The highest BCUT2D eigenvalue weighted by molar-refractivity contribution is 6.43. The maximum absolute atomic E-state index is 15.2. The normalized spacial score (nSPS) is 12.3. The number of nitrogens with zero attached hydrogens (tertiary/aromatic N) is 2. The molecule has 2 aliphatic carbocycles. The highest BCUT2D eigenvalue weighted by Gasteiger charge is 2.33. The number of aromatic nitrogens is 2. The molecular formula is C118H65FN2. The average molecular weight is 1530 g/mol. The first-order valence-electron chi connectivity index (χ1n) is 41.8. The minimum atomic E-state index is -0.225. The molecule has 0 saturated heterocycles. The van der Waals surface area contributed by atoms with Crippen molar-refractivity contribution in [3.05, 3.63) is 400 Å². The van der Waals surface area contributed by atoms with E-state index in [0.29, 0.717) is 0 Å². The van der Waals surface area contributed by atoms with Gasteiger partial charge in [0.25, 0.3) is 0 Å². The minimum Gasteiger partial charge on any atom is -0.256 e. The van der Waals surface area contributed by atoms with E-state index in [2.05, 4.69) is 352 Å². The summed E-state index contributed by atoms with van der Waals surface area (Å²) in [5.41, 5.74) is 24.1. The van der Waals surface area contributed by atoms with Crippen molar-refractivity contribution in [2.75, 3.05) is 0 Å². The summed E-state index contributed by atoms with van der Waals surface area (Å²) in [6.07, 6.45) is 3.78. The van der Waals surface area contributed by atoms with Crippen molar-refractivity contribution in [2.45, 2.75) is 0 Å². The molecule has 26 aromatic rings. The van der Waals surface area contributed by atoms with E-state index in [4.69, 9.17) is 9.97 Å². The molecule has 3 heteroatoms.